The summed E-state index contributed by atoms with van der Waals surface area (Å²) in [6, 6.07) is 0.358. The van der Waals surface area contributed by atoms with Gasteiger partial charge in [-0.1, -0.05) is 23.2 Å². The van der Waals surface area contributed by atoms with Crippen LogP contribution in [-0.2, 0) is 6.18 Å². The van der Waals surface area contributed by atoms with E-state index in [1.165, 1.54) is 0 Å². The third-order valence-corrected chi connectivity index (χ3v) is 3.49. The normalized spacial score (nSPS) is 11.2. The lowest BCUT2D eigenvalue weighted by Crippen LogP contribution is -2.09. The van der Waals surface area contributed by atoms with Crippen LogP contribution in [0.3, 0.4) is 0 Å². The SMILES string of the molecule is O=[N+]([O-])c1cc(C(F)(F)F)cc([N+](=O)[O-])c1Nc1c(Cl)cncc1Cl. The largest absolute Gasteiger partial charge is 0.416 e. The van der Waals surface area contributed by atoms with Crippen LogP contribution in [0.15, 0.2) is 24.5 Å². The molecule has 0 bridgehead atoms. The van der Waals surface area contributed by atoms with Crippen LogP contribution in [0.2, 0.25) is 10.0 Å². The van der Waals surface area contributed by atoms with Crippen molar-refractivity contribution in [1.29, 1.82) is 0 Å². The Hall–Kier alpha value is -2.66. The number of halogens is 5. The molecule has 0 saturated carbocycles. The molecule has 1 N–H and O–H groups in total. The molecule has 132 valence electrons. The molecule has 1 aromatic carbocycles. The Labute approximate surface area is 146 Å². The molecule has 0 fully saturated rings. The fourth-order valence-electron chi connectivity index (χ4n) is 1.85. The molecule has 0 radical (unpaired) electrons. The number of pyridine rings is 1. The van der Waals surface area contributed by atoms with Gasteiger partial charge in [-0.15, -0.1) is 0 Å². The quantitative estimate of drug-likeness (QED) is 0.576. The van der Waals surface area contributed by atoms with Gasteiger partial charge in [0.2, 0.25) is 0 Å². The number of hydrogen-bond donors (Lipinski definition) is 1. The van der Waals surface area contributed by atoms with Crippen molar-refractivity contribution < 1.29 is 23.0 Å². The van der Waals surface area contributed by atoms with Crippen LogP contribution in [0.25, 0.3) is 0 Å². The first-order chi connectivity index (χ1) is 11.5. The summed E-state index contributed by atoms with van der Waals surface area (Å²) in [6.45, 7) is 0. The highest BCUT2D eigenvalue weighted by Crippen LogP contribution is 2.44. The van der Waals surface area contributed by atoms with E-state index in [2.05, 4.69) is 10.3 Å². The second-order valence-corrected chi connectivity index (χ2v) is 5.32. The number of nitro groups is 2. The van der Waals surface area contributed by atoms with E-state index in [9.17, 15) is 33.4 Å². The fraction of sp³-hybridized carbons (Fsp3) is 0.0833. The van der Waals surface area contributed by atoms with E-state index in [0.29, 0.717) is 0 Å². The van der Waals surface area contributed by atoms with Crippen LogP contribution >= 0.6 is 23.2 Å². The molecule has 0 unspecified atom stereocenters. The van der Waals surface area contributed by atoms with Gasteiger partial charge >= 0.3 is 6.18 Å². The van der Waals surface area contributed by atoms with Gasteiger partial charge in [0.1, 0.15) is 0 Å². The van der Waals surface area contributed by atoms with Crippen molar-refractivity contribution in [2.75, 3.05) is 5.32 Å². The average Bonchev–Trinajstić information content (AvgIpc) is 2.49. The van der Waals surface area contributed by atoms with Crippen LogP contribution < -0.4 is 5.32 Å². The number of nitro benzene ring substituents is 2. The first-order valence-corrected chi connectivity index (χ1v) is 6.88. The average molecular weight is 397 g/mol. The summed E-state index contributed by atoms with van der Waals surface area (Å²) in [5.74, 6) is 0. The highest BCUT2D eigenvalue weighted by atomic mass is 35.5. The van der Waals surface area contributed by atoms with E-state index in [4.69, 9.17) is 23.2 Å². The van der Waals surface area contributed by atoms with Gasteiger partial charge in [0, 0.05) is 24.5 Å². The van der Waals surface area contributed by atoms with Crippen molar-refractivity contribution in [3.8, 4) is 0 Å². The van der Waals surface area contributed by atoms with Gasteiger partial charge < -0.3 is 5.32 Å². The van der Waals surface area contributed by atoms with Gasteiger partial charge in [0.15, 0.2) is 5.69 Å². The van der Waals surface area contributed by atoms with Gasteiger partial charge in [0.25, 0.3) is 11.4 Å². The van der Waals surface area contributed by atoms with Crippen molar-refractivity contribution >= 4 is 46.0 Å². The molecule has 25 heavy (non-hydrogen) atoms. The third-order valence-electron chi connectivity index (χ3n) is 2.92. The second kappa shape index (κ2) is 6.69. The summed E-state index contributed by atoms with van der Waals surface area (Å²) in [7, 11) is 0. The smallest absolute Gasteiger partial charge is 0.342 e. The minimum Gasteiger partial charge on any atom is -0.342 e. The zero-order chi connectivity index (χ0) is 18.9. The summed E-state index contributed by atoms with van der Waals surface area (Å²) in [6.07, 6.45) is -2.82. The highest BCUT2D eigenvalue weighted by Gasteiger charge is 2.38. The number of nitrogens with one attached hydrogen (secondary N) is 1. The number of aromatic nitrogens is 1. The van der Waals surface area contributed by atoms with Gasteiger partial charge in [-0.05, 0) is 0 Å². The molecule has 0 aliphatic heterocycles. The predicted octanol–water partition coefficient (Wildman–Crippen LogP) is 4.97. The number of benzene rings is 1. The number of anilines is 2. The molecule has 0 saturated heterocycles. The summed E-state index contributed by atoms with van der Waals surface area (Å²) in [5.41, 5.74) is -4.83. The van der Waals surface area contributed by atoms with E-state index in [0.717, 1.165) is 12.4 Å². The topological polar surface area (TPSA) is 111 Å². The summed E-state index contributed by atoms with van der Waals surface area (Å²) in [5, 5.41) is 24.2. The number of hydrogen-bond acceptors (Lipinski definition) is 6. The first kappa shape index (κ1) is 18.7. The summed E-state index contributed by atoms with van der Waals surface area (Å²) < 4.78 is 38.5. The summed E-state index contributed by atoms with van der Waals surface area (Å²) >= 11 is 11.6. The van der Waals surface area contributed by atoms with E-state index in [1.807, 2.05) is 0 Å². The van der Waals surface area contributed by atoms with E-state index >= 15 is 0 Å². The molecule has 0 aliphatic carbocycles. The maximum atomic E-state index is 12.8. The molecule has 0 spiro atoms. The molecule has 1 heterocycles. The summed E-state index contributed by atoms with van der Waals surface area (Å²) in [4.78, 5) is 23.5. The van der Waals surface area contributed by atoms with Crippen molar-refractivity contribution in [3.05, 3.63) is 60.4 Å². The van der Waals surface area contributed by atoms with Crippen molar-refractivity contribution in [3.63, 3.8) is 0 Å². The standard InChI is InChI=1S/C12H5Cl2F3N4O4/c13-6-3-18-4-7(14)10(6)19-11-8(20(22)23)1-5(12(15,16)17)2-9(11)21(24)25/h1-4H,(H,18,19). The van der Waals surface area contributed by atoms with Gasteiger partial charge in [0.05, 0.1) is 31.1 Å². The Kier molecular flexibility index (Phi) is 4.99. The van der Waals surface area contributed by atoms with Crippen LogP contribution in [0.1, 0.15) is 5.56 Å². The van der Waals surface area contributed by atoms with Crippen molar-refractivity contribution in [2.45, 2.75) is 6.18 Å². The van der Waals surface area contributed by atoms with Crippen LogP contribution in [-0.4, -0.2) is 14.8 Å². The molecule has 13 heteroatoms. The predicted molar refractivity (Wildman–Crippen MR) is 82.3 cm³/mol. The monoisotopic (exact) mass is 396 g/mol. The van der Waals surface area contributed by atoms with Crippen molar-refractivity contribution in [1.82, 2.24) is 4.98 Å². The van der Waals surface area contributed by atoms with Gasteiger partial charge in [-0.3, -0.25) is 25.2 Å². The molecule has 0 amide bonds. The lowest BCUT2D eigenvalue weighted by molar-refractivity contribution is -0.392. The number of nitrogens with zero attached hydrogens (tertiary/aromatic N) is 3. The Bertz CT molecular complexity index is 821. The third kappa shape index (κ3) is 3.88. The fourth-order valence-corrected chi connectivity index (χ4v) is 2.31. The number of alkyl halides is 3. The molecule has 0 aliphatic rings. The molecule has 0 atom stereocenters. The molecular weight excluding hydrogens is 392 g/mol. The van der Waals surface area contributed by atoms with Crippen LogP contribution in [0.4, 0.5) is 35.9 Å². The van der Waals surface area contributed by atoms with Gasteiger partial charge in [-0.25, -0.2) is 0 Å². The maximum absolute atomic E-state index is 12.8. The molecule has 1 aromatic heterocycles. The Morgan fingerprint density at radius 2 is 1.40 bits per heavy atom. The maximum Gasteiger partial charge on any atom is 0.416 e. The molecule has 2 aromatic rings. The van der Waals surface area contributed by atoms with E-state index in [-0.39, 0.29) is 27.9 Å². The molecule has 8 nitrogen and oxygen atoms in total. The molecular formula is C12H5Cl2F3N4O4. The van der Waals surface area contributed by atoms with E-state index in [1.54, 1.807) is 0 Å². The number of rotatable bonds is 4. The van der Waals surface area contributed by atoms with Gasteiger partial charge in [-0.2, -0.15) is 13.2 Å². The Morgan fingerprint density at radius 3 is 1.76 bits per heavy atom. The van der Waals surface area contributed by atoms with Crippen LogP contribution in [0.5, 0.6) is 0 Å². The molecule has 2 rings (SSSR count). The van der Waals surface area contributed by atoms with E-state index < -0.39 is 38.6 Å². The zero-order valence-electron chi connectivity index (χ0n) is 11.7. The zero-order valence-corrected chi connectivity index (χ0v) is 13.2. The first-order valence-electron chi connectivity index (χ1n) is 6.12. The Morgan fingerprint density at radius 1 is 0.960 bits per heavy atom. The van der Waals surface area contributed by atoms with Crippen molar-refractivity contribution in [2.24, 2.45) is 0 Å². The second-order valence-electron chi connectivity index (χ2n) is 4.50. The van der Waals surface area contributed by atoms with Crippen LogP contribution in [0, 0.1) is 20.2 Å². The Balaban J connectivity index is 2.75. The minimum atomic E-state index is -5.01. The lowest BCUT2D eigenvalue weighted by atomic mass is 10.1. The lowest BCUT2D eigenvalue weighted by Gasteiger charge is -2.13. The minimum absolute atomic E-state index is 0.143. The highest BCUT2D eigenvalue weighted by molar-refractivity contribution is 6.39.